The summed E-state index contributed by atoms with van der Waals surface area (Å²) in [5.41, 5.74) is 5.18. The SMILES string of the molecule is C[C@@H](Nc1c(Cl)cnc2ccc(-c3ccc(C4(N[S+](C)[O-])CCC4)cc3)cc12)c1ccccc1F. The van der Waals surface area contributed by atoms with Crippen molar-refractivity contribution in [3.8, 4) is 11.1 Å². The Morgan fingerprint density at radius 3 is 2.43 bits per heavy atom. The summed E-state index contributed by atoms with van der Waals surface area (Å²) in [6.45, 7) is 1.91. The highest BCUT2D eigenvalue weighted by molar-refractivity contribution is 7.88. The van der Waals surface area contributed by atoms with E-state index < -0.39 is 11.4 Å². The minimum absolute atomic E-state index is 0.196. The van der Waals surface area contributed by atoms with E-state index >= 15 is 0 Å². The molecule has 1 fully saturated rings. The summed E-state index contributed by atoms with van der Waals surface area (Å²) in [4.78, 5) is 4.48. The first-order valence-electron chi connectivity index (χ1n) is 11.7. The Bertz CT molecular complexity index is 1360. The topological polar surface area (TPSA) is 60.0 Å². The van der Waals surface area contributed by atoms with E-state index in [-0.39, 0.29) is 17.4 Å². The van der Waals surface area contributed by atoms with Gasteiger partial charge in [-0.2, -0.15) is 0 Å². The van der Waals surface area contributed by atoms with Crippen LogP contribution < -0.4 is 10.0 Å². The van der Waals surface area contributed by atoms with Crippen molar-refractivity contribution in [3.05, 3.63) is 94.9 Å². The number of rotatable bonds is 7. The number of nitrogens with zero attached hydrogens (tertiary/aromatic N) is 1. The predicted molar refractivity (Wildman–Crippen MR) is 143 cm³/mol. The molecule has 7 heteroatoms. The smallest absolute Gasteiger partial charge is 0.128 e. The maximum Gasteiger partial charge on any atom is 0.128 e. The molecule has 0 aliphatic heterocycles. The van der Waals surface area contributed by atoms with Gasteiger partial charge in [0, 0.05) is 28.5 Å². The van der Waals surface area contributed by atoms with E-state index in [1.165, 1.54) is 6.07 Å². The number of aromatic nitrogens is 1. The molecule has 1 aromatic heterocycles. The Kier molecular flexibility index (Phi) is 6.73. The Hall–Kier alpha value is -2.64. The Labute approximate surface area is 213 Å². The summed E-state index contributed by atoms with van der Waals surface area (Å²) < 4.78 is 29.4. The van der Waals surface area contributed by atoms with Gasteiger partial charge >= 0.3 is 0 Å². The lowest BCUT2D eigenvalue weighted by Gasteiger charge is -2.41. The van der Waals surface area contributed by atoms with Gasteiger partial charge in [0.15, 0.2) is 0 Å². The highest BCUT2D eigenvalue weighted by Crippen LogP contribution is 2.42. The predicted octanol–water partition coefficient (Wildman–Crippen LogP) is 7.13. The zero-order chi connectivity index (χ0) is 24.6. The summed E-state index contributed by atoms with van der Waals surface area (Å²) in [6, 6.07) is 21.0. The van der Waals surface area contributed by atoms with Crippen molar-refractivity contribution >= 4 is 39.6 Å². The minimum atomic E-state index is -1.07. The molecule has 0 amide bonds. The van der Waals surface area contributed by atoms with Crippen LogP contribution in [0.15, 0.2) is 72.9 Å². The molecule has 1 aliphatic rings. The number of nitrogens with one attached hydrogen (secondary N) is 2. The molecule has 180 valence electrons. The van der Waals surface area contributed by atoms with Crippen LogP contribution in [0.25, 0.3) is 22.0 Å². The van der Waals surface area contributed by atoms with Crippen LogP contribution in [0.2, 0.25) is 5.02 Å². The molecule has 4 nitrogen and oxygen atoms in total. The van der Waals surface area contributed by atoms with Gasteiger partial charge in [-0.05, 0) is 61.1 Å². The molecule has 0 radical (unpaired) electrons. The van der Waals surface area contributed by atoms with Gasteiger partial charge in [-0.15, -0.1) is 4.72 Å². The average Bonchev–Trinajstić information content (AvgIpc) is 2.83. The first-order valence-corrected chi connectivity index (χ1v) is 13.6. The number of anilines is 1. The molecule has 0 spiro atoms. The van der Waals surface area contributed by atoms with Gasteiger partial charge in [0.2, 0.25) is 0 Å². The summed E-state index contributed by atoms with van der Waals surface area (Å²) in [6.07, 6.45) is 6.41. The standard InChI is InChI=1S/C28H27ClFN3OS/c1-18(22-6-3-4-7-25(22)30)32-27-23-16-20(10-13-26(23)31-17-24(27)29)19-8-11-21(12-9-19)28(14-5-15-28)33-35(2)34/h3-4,6-13,16-18,33H,5,14-15H2,1-2H3,(H,31,32)/t18-,35?/m1/s1. The number of hydrogen-bond donors (Lipinski definition) is 2. The van der Waals surface area contributed by atoms with Crippen LogP contribution in [0.5, 0.6) is 0 Å². The van der Waals surface area contributed by atoms with Gasteiger partial charge in [0.05, 0.1) is 27.8 Å². The van der Waals surface area contributed by atoms with E-state index in [4.69, 9.17) is 11.6 Å². The maximum absolute atomic E-state index is 14.4. The molecular weight excluding hydrogens is 481 g/mol. The third kappa shape index (κ3) is 4.76. The van der Waals surface area contributed by atoms with Gasteiger partial charge in [-0.3, -0.25) is 4.98 Å². The summed E-state index contributed by atoms with van der Waals surface area (Å²) in [5, 5.41) is 4.76. The highest BCUT2D eigenvalue weighted by Gasteiger charge is 2.41. The fourth-order valence-electron chi connectivity index (χ4n) is 4.85. The van der Waals surface area contributed by atoms with Crippen molar-refractivity contribution in [2.24, 2.45) is 0 Å². The van der Waals surface area contributed by atoms with Gasteiger partial charge in [-0.25, -0.2) is 4.39 Å². The third-order valence-corrected chi connectivity index (χ3v) is 7.84. The largest absolute Gasteiger partial charge is 0.598 e. The normalized spacial score (nSPS) is 16.5. The molecule has 3 aromatic carbocycles. The minimum Gasteiger partial charge on any atom is -0.598 e. The molecule has 2 N–H and O–H groups in total. The van der Waals surface area contributed by atoms with E-state index in [9.17, 15) is 8.94 Å². The summed E-state index contributed by atoms with van der Waals surface area (Å²) in [7, 11) is 0. The zero-order valence-electron chi connectivity index (χ0n) is 19.6. The van der Waals surface area contributed by atoms with Crippen LogP contribution in [0, 0.1) is 5.82 Å². The van der Waals surface area contributed by atoms with Crippen molar-refractivity contribution < 1.29 is 8.94 Å². The van der Waals surface area contributed by atoms with Crippen molar-refractivity contribution in [2.45, 2.75) is 37.8 Å². The fraction of sp³-hybridized carbons (Fsp3) is 0.250. The van der Waals surface area contributed by atoms with Crippen molar-refractivity contribution in [2.75, 3.05) is 11.6 Å². The molecule has 0 bridgehead atoms. The molecule has 5 rings (SSSR count). The van der Waals surface area contributed by atoms with E-state index in [0.29, 0.717) is 10.6 Å². The monoisotopic (exact) mass is 507 g/mol. The van der Waals surface area contributed by atoms with E-state index in [1.807, 2.05) is 25.1 Å². The van der Waals surface area contributed by atoms with Gasteiger partial charge in [-0.1, -0.05) is 60.1 Å². The number of fused-ring (bicyclic) bond motifs is 1. The Morgan fingerprint density at radius 2 is 1.77 bits per heavy atom. The Morgan fingerprint density at radius 1 is 1.06 bits per heavy atom. The molecule has 2 atom stereocenters. The molecule has 1 saturated carbocycles. The van der Waals surface area contributed by atoms with Crippen molar-refractivity contribution in [1.82, 2.24) is 9.71 Å². The third-order valence-electron chi connectivity index (χ3n) is 6.87. The molecular formula is C28H27ClFN3OS. The number of halogens is 2. The lowest BCUT2D eigenvalue weighted by molar-refractivity contribution is 0.225. The molecule has 1 unspecified atom stereocenters. The second-order valence-corrected chi connectivity index (χ2v) is 10.7. The first-order chi connectivity index (χ1) is 16.9. The molecule has 1 heterocycles. The number of pyridine rings is 1. The molecule has 0 saturated heterocycles. The second kappa shape index (κ2) is 9.78. The van der Waals surface area contributed by atoms with Crippen molar-refractivity contribution in [1.29, 1.82) is 0 Å². The highest BCUT2D eigenvalue weighted by atomic mass is 35.5. The van der Waals surface area contributed by atoms with Crippen LogP contribution in [0.3, 0.4) is 0 Å². The molecule has 4 aromatic rings. The van der Waals surface area contributed by atoms with Crippen molar-refractivity contribution in [3.63, 3.8) is 0 Å². The van der Waals surface area contributed by atoms with E-state index in [0.717, 1.165) is 52.5 Å². The van der Waals surface area contributed by atoms with Crippen LogP contribution in [0.1, 0.15) is 43.4 Å². The quantitative estimate of drug-likeness (QED) is 0.261. The van der Waals surface area contributed by atoms with Gasteiger partial charge < -0.3 is 9.87 Å². The summed E-state index contributed by atoms with van der Waals surface area (Å²) >= 11 is 5.49. The summed E-state index contributed by atoms with van der Waals surface area (Å²) in [5.74, 6) is -0.256. The zero-order valence-corrected chi connectivity index (χ0v) is 21.2. The lowest BCUT2D eigenvalue weighted by Crippen LogP contribution is -2.50. The maximum atomic E-state index is 14.4. The van der Waals surface area contributed by atoms with Crippen LogP contribution in [-0.4, -0.2) is 15.8 Å². The molecule has 1 aliphatic carbocycles. The number of hydrogen-bond acceptors (Lipinski definition) is 4. The average molecular weight is 508 g/mol. The fourth-order valence-corrected chi connectivity index (χ4v) is 5.93. The van der Waals surface area contributed by atoms with Crippen LogP contribution >= 0.6 is 11.6 Å². The molecule has 35 heavy (non-hydrogen) atoms. The Balaban J connectivity index is 1.48. The van der Waals surface area contributed by atoms with Gasteiger partial charge in [0.25, 0.3) is 0 Å². The van der Waals surface area contributed by atoms with Gasteiger partial charge in [0.1, 0.15) is 12.1 Å². The van der Waals surface area contributed by atoms with E-state index in [1.54, 1.807) is 24.6 Å². The van der Waals surface area contributed by atoms with Crippen LogP contribution in [0.4, 0.5) is 10.1 Å². The van der Waals surface area contributed by atoms with Crippen LogP contribution in [-0.2, 0) is 16.9 Å². The first kappa shape index (κ1) is 24.1. The number of benzene rings is 3. The second-order valence-electron chi connectivity index (χ2n) is 9.17. The van der Waals surface area contributed by atoms with E-state index in [2.05, 4.69) is 45.4 Å². The lowest BCUT2D eigenvalue weighted by atomic mass is 9.72.